The van der Waals surface area contributed by atoms with Gasteiger partial charge in [-0.15, -0.1) is 12.4 Å². The number of likely N-dealkylation sites (tertiary alicyclic amines) is 1. The Morgan fingerprint density at radius 1 is 1.20 bits per heavy atom. The summed E-state index contributed by atoms with van der Waals surface area (Å²) in [5.41, 5.74) is 0. The molecule has 6 heteroatoms. The highest BCUT2D eigenvalue weighted by Crippen LogP contribution is 2.23. The summed E-state index contributed by atoms with van der Waals surface area (Å²) in [5.74, 6) is 0.328. The van der Waals surface area contributed by atoms with E-state index in [4.69, 9.17) is 4.74 Å². The number of nitrogens with zero attached hydrogens (tertiary/aromatic N) is 1. The van der Waals surface area contributed by atoms with Gasteiger partial charge in [0.2, 0.25) is 5.91 Å². The molecule has 2 aliphatic heterocycles. The second-order valence-electron chi connectivity index (χ2n) is 5.52. The summed E-state index contributed by atoms with van der Waals surface area (Å²) in [6.07, 6.45) is 5.42. The first-order valence-electron chi connectivity index (χ1n) is 7.30. The first-order valence-corrected chi connectivity index (χ1v) is 7.30. The highest BCUT2D eigenvalue weighted by Gasteiger charge is 2.33. The highest BCUT2D eigenvalue weighted by atomic mass is 35.5. The number of hydrogen-bond donors (Lipinski definition) is 1. The topological polar surface area (TPSA) is 58.6 Å². The van der Waals surface area contributed by atoms with Crippen LogP contribution in [0.5, 0.6) is 0 Å². The van der Waals surface area contributed by atoms with E-state index >= 15 is 0 Å². The van der Waals surface area contributed by atoms with Crippen molar-refractivity contribution in [2.45, 2.75) is 44.6 Å². The minimum Gasteiger partial charge on any atom is -0.467 e. The van der Waals surface area contributed by atoms with Gasteiger partial charge in [-0.05, 0) is 51.1 Å². The van der Waals surface area contributed by atoms with Crippen molar-refractivity contribution in [3.63, 3.8) is 0 Å². The van der Waals surface area contributed by atoms with Crippen molar-refractivity contribution in [1.29, 1.82) is 0 Å². The predicted molar refractivity (Wildman–Crippen MR) is 78.8 cm³/mol. The maximum atomic E-state index is 12.4. The standard InChI is InChI=1S/C14H24N2O3.ClH/c1-19-14(18)12-4-2-3-9-16(12)13(17)10-11-5-7-15-8-6-11;/h11-12,15H,2-10H2,1H3;1H. The number of hydrogen-bond acceptors (Lipinski definition) is 4. The molecule has 2 heterocycles. The molecule has 1 atom stereocenters. The molecular formula is C14H25ClN2O3. The molecule has 2 aliphatic rings. The fourth-order valence-electron chi connectivity index (χ4n) is 3.06. The molecule has 0 saturated carbocycles. The average molecular weight is 305 g/mol. The van der Waals surface area contributed by atoms with Gasteiger partial charge in [-0.3, -0.25) is 4.79 Å². The van der Waals surface area contributed by atoms with Gasteiger partial charge in [-0.1, -0.05) is 0 Å². The number of methoxy groups -OCH3 is 1. The molecule has 5 nitrogen and oxygen atoms in total. The number of esters is 1. The average Bonchev–Trinajstić information content (AvgIpc) is 2.47. The van der Waals surface area contributed by atoms with Crippen LogP contribution >= 0.6 is 12.4 Å². The third-order valence-electron chi connectivity index (χ3n) is 4.22. The quantitative estimate of drug-likeness (QED) is 0.800. The van der Waals surface area contributed by atoms with Crippen molar-refractivity contribution in [3.8, 4) is 0 Å². The Morgan fingerprint density at radius 3 is 2.55 bits per heavy atom. The van der Waals surface area contributed by atoms with Crippen LogP contribution in [0.2, 0.25) is 0 Å². The lowest BCUT2D eigenvalue weighted by atomic mass is 9.93. The molecule has 1 N–H and O–H groups in total. The van der Waals surface area contributed by atoms with Crippen LogP contribution in [0, 0.1) is 5.92 Å². The highest BCUT2D eigenvalue weighted by molar-refractivity contribution is 5.85. The van der Waals surface area contributed by atoms with Crippen molar-refractivity contribution in [3.05, 3.63) is 0 Å². The molecule has 0 radical (unpaired) electrons. The van der Waals surface area contributed by atoms with E-state index in [9.17, 15) is 9.59 Å². The van der Waals surface area contributed by atoms with Gasteiger partial charge in [0.05, 0.1) is 7.11 Å². The number of halogens is 1. The number of nitrogens with one attached hydrogen (secondary N) is 1. The molecule has 2 fully saturated rings. The molecule has 2 saturated heterocycles. The molecule has 1 unspecified atom stereocenters. The minimum atomic E-state index is -0.354. The van der Waals surface area contributed by atoms with Crippen LogP contribution in [-0.4, -0.2) is 49.6 Å². The second-order valence-corrected chi connectivity index (χ2v) is 5.52. The first kappa shape index (κ1) is 17.2. The Hall–Kier alpha value is -0.810. The van der Waals surface area contributed by atoms with E-state index in [0.717, 1.165) is 45.2 Å². The lowest BCUT2D eigenvalue weighted by Gasteiger charge is -2.35. The van der Waals surface area contributed by atoms with E-state index in [2.05, 4.69) is 5.32 Å². The van der Waals surface area contributed by atoms with E-state index in [1.165, 1.54) is 7.11 Å². The minimum absolute atomic E-state index is 0. The zero-order valence-electron chi connectivity index (χ0n) is 12.1. The zero-order chi connectivity index (χ0) is 13.7. The molecule has 0 aromatic rings. The number of carbonyl (C=O) groups excluding carboxylic acids is 2. The van der Waals surface area contributed by atoms with Crippen molar-refractivity contribution in [1.82, 2.24) is 10.2 Å². The molecular weight excluding hydrogens is 280 g/mol. The Morgan fingerprint density at radius 2 is 1.90 bits per heavy atom. The fourth-order valence-corrected chi connectivity index (χ4v) is 3.06. The Bertz CT molecular complexity index is 332. The molecule has 20 heavy (non-hydrogen) atoms. The molecule has 0 spiro atoms. The van der Waals surface area contributed by atoms with Gasteiger partial charge < -0.3 is 15.0 Å². The van der Waals surface area contributed by atoms with Gasteiger partial charge in [-0.25, -0.2) is 4.79 Å². The second kappa shape index (κ2) is 8.47. The first-order chi connectivity index (χ1) is 9.22. The molecule has 0 aromatic carbocycles. The SMILES string of the molecule is COC(=O)C1CCCCN1C(=O)CC1CCNCC1.Cl. The maximum absolute atomic E-state index is 12.4. The van der Waals surface area contributed by atoms with Gasteiger partial charge in [0, 0.05) is 13.0 Å². The van der Waals surface area contributed by atoms with Crippen LogP contribution in [0.4, 0.5) is 0 Å². The van der Waals surface area contributed by atoms with E-state index < -0.39 is 0 Å². The molecule has 1 amide bonds. The van der Waals surface area contributed by atoms with E-state index in [0.29, 0.717) is 18.9 Å². The fraction of sp³-hybridized carbons (Fsp3) is 0.857. The number of rotatable bonds is 3. The van der Waals surface area contributed by atoms with Crippen LogP contribution in [-0.2, 0) is 14.3 Å². The van der Waals surface area contributed by atoms with Crippen molar-refractivity contribution < 1.29 is 14.3 Å². The van der Waals surface area contributed by atoms with Crippen molar-refractivity contribution in [2.75, 3.05) is 26.7 Å². The normalized spacial score (nSPS) is 23.9. The van der Waals surface area contributed by atoms with Gasteiger partial charge in [0.25, 0.3) is 0 Å². The summed E-state index contributed by atoms with van der Waals surface area (Å²) in [7, 11) is 1.40. The van der Waals surface area contributed by atoms with Gasteiger partial charge in [0.1, 0.15) is 6.04 Å². The molecule has 116 valence electrons. The van der Waals surface area contributed by atoms with Crippen LogP contribution < -0.4 is 5.32 Å². The molecule has 2 rings (SSSR count). The van der Waals surface area contributed by atoms with Crippen LogP contribution in [0.25, 0.3) is 0 Å². The Balaban J connectivity index is 0.00000200. The molecule has 0 bridgehead atoms. The molecule has 0 aromatic heterocycles. The smallest absolute Gasteiger partial charge is 0.328 e. The van der Waals surface area contributed by atoms with E-state index in [1.807, 2.05) is 0 Å². The monoisotopic (exact) mass is 304 g/mol. The van der Waals surface area contributed by atoms with Crippen molar-refractivity contribution in [2.24, 2.45) is 5.92 Å². The van der Waals surface area contributed by atoms with Crippen molar-refractivity contribution >= 4 is 24.3 Å². The van der Waals surface area contributed by atoms with Crippen LogP contribution in [0.1, 0.15) is 38.5 Å². The summed E-state index contributed by atoms with van der Waals surface area (Å²) in [6, 6.07) is -0.354. The third kappa shape index (κ3) is 4.35. The number of piperidine rings is 2. The van der Waals surface area contributed by atoms with E-state index in [-0.39, 0.29) is 30.3 Å². The van der Waals surface area contributed by atoms with Gasteiger partial charge >= 0.3 is 5.97 Å². The predicted octanol–water partition coefficient (Wildman–Crippen LogP) is 1.35. The number of carbonyl (C=O) groups is 2. The Kier molecular flexibility index (Phi) is 7.30. The summed E-state index contributed by atoms with van der Waals surface area (Å²) < 4.78 is 4.82. The lowest BCUT2D eigenvalue weighted by Crippen LogP contribution is -2.49. The van der Waals surface area contributed by atoms with Gasteiger partial charge in [0.15, 0.2) is 0 Å². The Labute approximate surface area is 126 Å². The lowest BCUT2D eigenvalue weighted by molar-refractivity contribution is -0.155. The van der Waals surface area contributed by atoms with Crippen LogP contribution in [0.3, 0.4) is 0 Å². The summed E-state index contributed by atoms with van der Waals surface area (Å²) >= 11 is 0. The van der Waals surface area contributed by atoms with Crippen LogP contribution in [0.15, 0.2) is 0 Å². The number of amides is 1. The molecule has 0 aliphatic carbocycles. The third-order valence-corrected chi connectivity index (χ3v) is 4.22. The summed E-state index contributed by atoms with van der Waals surface area (Å²) in [6.45, 7) is 2.69. The summed E-state index contributed by atoms with van der Waals surface area (Å²) in [4.78, 5) is 25.9. The van der Waals surface area contributed by atoms with Gasteiger partial charge in [-0.2, -0.15) is 0 Å². The zero-order valence-corrected chi connectivity index (χ0v) is 12.9. The van der Waals surface area contributed by atoms with E-state index in [1.54, 1.807) is 4.90 Å². The number of ether oxygens (including phenoxy) is 1. The maximum Gasteiger partial charge on any atom is 0.328 e. The summed E-state index contributed by atoms with van der Waals surface area (Å²) in [5, 5.41) is 3.30. The largest absolute Gasteiger partial charge is 0.467 e.